The molecule has 0 saturated heterocycles. The predicted octanol–water partition coefficient (Wildman–Crippen LogP) is 2.40. The molecule has 1 aromatic carbocycles. The van der Waals surface area contributed by atoms with Gasteiger partial charge in [0.2, 0.25) is 0 Å². The Bertz CT molecular complexity index is 525. The molecule has 0 bridgehead atoms. The van der Waals surface area contributed by atoms with Gasteiger partial charge in [-0.25, -0.2) is 13.6 Å². The minimum atomic E-state index is -0.799. The summed E-state index contributed by atoms with van der Waals surface area (Å²) < 4.78 is 31.8. The highest BCUT2D eigenvalue weighted by Crippen LogP contribution is 2.25. The number of carbonyl (C=O) groups excluding carboxylic acids is 1. The molecule has 0 aromatic heterocycles. The van der Waals surface area contributed by atoms with Crippen LogP contribution in [-0.2, 0) is 0 Å². The molecule has 2 amide bonds. The Morgan fingerprint density at radius 3 is 2.67 bits per heavy atom. The molecule has 0 spiro atoms. The number of hydrogen-bond acceptors (Lipinski definition) is 3. The maximum Gasteiger partial charge on any atom is 0.319 e. The summed E-state index contributed by atoms with van der Waals surface area (Å²) in [4.78, 5) is 11.8. The highest BCUT2D eigenvalue weighted by atomic mass is 19.1. The Morgan fingerprint density at radius 2 is 2.00 bits per heavy atom. The van der Waals surface area contributed by atoms with Crippen LogP contribution in [0.5, 0.6) is 5.75 Å². The van der Waals surface area contributed by atoms with Gasteiger partial charge in [0.15, 0.2) is 17.4 Å². The smallest absolute Gasteiger partial charge is 0.319 e. The number of rotatable bonds is 3. The predicted molar refractivity (Wildman–Crippen MR) is 73.3 cm³/mol. The van der Waals surface area contributed by atoms with Crippen molar-refractivity contribution < 1.29 is 23.4 Å². The number of ether oxygens (including phenoxy) is 1. The summed E-state index contributed by atoms with van der Waals surface area (Å²) in [6.07, 6.45) is 2.50. The molecule has 1 aromatic rings. The van der Waals surface area contributed by atoms with E-state index >= 15 is 0 Å². The fraction of sp³-hybridized carbons (Fsp3) is 0.500. The minimum Gasteiger partial charge on any atom is -0.494 e. The van der Waals surface area contributed by atoms with Gasteiger partial charge in [-0.1, -0.05) is 12.8 Å². The largest absolute Gasteiger partial charge is 0.494 e. The summed E-state index contributed by atoms with van der Waals surface area (Å²) in [5.41, 5.74) is -0.281. The summed E-state index contributed by atoms with van der Waals surface area (Å²) in [7, 11) is 1.22. The molecule has 5 nitrogen and oxygen atoms in total. The van der Waals surface area contributed by atoms with Crippen LogP contribution in [0, 0.1) is 11.6 Å². The molecule has 0 heterocycles. The van der Waals surface area contributed by atoms with Crippen molar-refractivity contribution in [2.45, 2.75) is 37.8 Å². The van der Waals surface area contributed by atoms with Crippen molar-refractivity contribution in [1.29, 1.82) is 0 Å². The second kappa shape index (κ2) is 6.71. The van der Waals surface area contributed by atoms with E-state index in [2.05, 4.69) is 15.4 Å². The van der Waals surface area contributed by atoms with Crippen LogP contribution < -0.4 is 15.4 Å². The molecule has 1 fully saturated rings. The maximum absolute atomic E-state index is 13.7. The fourth-order valence-electron chi connectivity index (χ4n) is 2.39. The van der Waals surface area contributed by atoms with Gasteiger partial charge in [-0.15, -0.1) is 0 Å². The third-order valence-corrected chi connectivity index (χ3v) is 3.54. The number of amides is 2. The van der Waals surface area contributed by atoms with E-state index in [4.69, 9.17) is 0 Å². The van der Waals surface area contributed by atoms with Crippen LogP contribution in [0.25, 0.3) is 0 Å². The van der Waals surface area contributed by atoms with E-state index < -0.39 is 23.8 Å². The Labute approximate surface area is 121 Å². The highest BCUT2D eigenvalue weighted by Gasteiger charge is 2.24. The van der Waals surface area contributed by atoms with E-state index in [1.54, 1.807) is 0 Å². The van der Waals surface area contributed by atoms with E-state index in [1.807, 2.05) is 0 Å². The van der Waals surface area contributed by atoms with Crippen molar-refractivity contribution in [3.8, 4) is 5.75 Å². The summed E-state index contributed by atoms with van der Waals surface area (Å²) in [6.45, 7) is 0. The van der Waals surface area contributed by atoms with Gasteiger partial charge in [-0.05, 0) is 12.8 Å². The number of benzene rings is 1. The number of hydrogen-bond donors (Lipinski definition) is 3. The molecule has 7 heteroatoms. The molecule has 1 aliphatic rings. The zero-order valence-corrected chi connectivity index (χ0v) is 11.7. The van der Waals surface area contributed by atoms with E-state index in [0.29, 0.717) is 12.8 Å². The second-order valence-electron chi connectivity index (χ2n) is 5.02. The van der Waals surface area contributed by atoms with Gasteiger partial charge in [0.25, 0.3) is 0 Å². The molecule has 0 aliphatic heterocycles. The van der Waals surface area contributed by atoms with E-state index in [-0.39, 0.29) is 17.5 Å². The van der Waals surface area contributed by atoms with Crippen LogP contribution in [0.2, 0.25) is 0 Å². The molecule has 0 radical (unpaired) electrons. The molecular weight excluding hydrogens is 282 g/mol. The summed E-state index contributed by atoms with van der Waals surface area (Å²) in [5, 5.41) is 14.6. The van der Waals surface area contributed by atoms with Gasteiger partial charge in [0.05, 0.1) is 24.9 Å². The van der Waals surface area contributed by atoms with E-state index in [9.17, 15) is 18.7 Å². The molecular formula is C14H18F2N2O3. The lowest BCUT2D eigenvalue weighted by molar-refractivity contribution is 0.0955. The van der Waals surface area contributed by atoms with Gasteiger partial charge in [0.1, 0.15) is 0 Å². The average Bonchev–Trinajstić information content (AvgIpc) is 2.45. The lowest BCUT2D eigenvalue weighted by Crippen LogP contribution is -2.46. The molecule has 2 atom stereocenters. The van der Waals surface area contributed by atoms with Crippen molar-refractivity contribution in [3.63, 3.8) is 0 Å². The first kappa shape index (κ1) is 15.5. The monoisotopic (exact) mass is 300 g/mol. The lowest BCUT2D eigenvalue weighted by atomic mass is 9.93. The third kappa shape index (κ3) is 3.81. The number of anilines is 1. The molecule has 2 unspecified atom stereocenters. The summed E-state index contributed by atoms with van der Waals surface area (Å²) >= 11 is 0. The van der Waals surface area contributed by atoms with Gasteiger partial charge >= 0.3 is 6.03 Å². The van der Waals surface area contributed by atoms with Crippen LogP contribution >= 0.6 is 0 Å². The number of aliphatic hydroxyl groups excluding tert-OH is 1. The number of halogens is 2. The fourth-order valence-corrected chi connectivity index (χ4v) is 2.39. The first-order chi connectivity index (χ1) is 10.0. The molecule has 21 heavy (non-hydrogen) atoms. The minimum absolute atomic E-state index is 0.235. The summed E-state index contributed by atoms with van der Waals surface area (Å²) in [6, 6.07) is 0.667. The Balaban J connectivity index is 2.01. The molecule has 2 rings (SSSR count). The topological polar surface area (TPSA) is 70.6 Å². The number of urea groups is 1. The standard InChI is InChI=1S/C14H18F2N2O3/c1-21-13-7-8(15)11(6-9(13)16)18-14(20)17-10-4-2-3-5-12(10)19/h6-7,10,12,19H,2-5H2,1H3,(H2,17,18,20). The van der Waals surface area contributed by atoms with Crippen LogP contribution in [0.15, 0.2) is 12.1 Å². The number of nitrogens with one attached hydrogen (secondary N) is 2. The first-order valence-corrected chi connectivity index (χ1v) is 6.80. The van der Waals surface area contributed by atoms with E-state index in [1.165, 1.54) is 7.11 Å². The number of aliphatic hydroxyl groups is 1. The first-order valence-electron chi connectivity index (χ1n) is 6.80. The second-order valence-corrected chi connectivity index (χ2v) is 5.02. The zero-order chi connectivity index (χ0) is 15.4. The molecule has 3 N–H and O–H groups in total. The van der Waals surface area contributed by atoms with Gasteiger partial charge in [0, 0.05) is 12.1 Å². The van der Waals surface area contributed by atoms with Gasteiger partial charge < -0.3 is 20.5 Å². The van der Waals surface area contributed by atoms with Crippen molar-refractivity contribution >= 4 is 11.7 Å². The van der Waals surface area contributed by atoms with Crippen molar-refractivity contribution in [3.05, 3.63) is 23.8 Å². The summed E-state index contributed by atoms with van der Waals surface area (Å²) in [5.74, 6) is -1.80. The molecule has 1 aliphatic carbocycles. The lowest BCUT2D eigenvalue weighted by Gasteiger charge is -2.28. The molecule has 1 saturated carbocycles. The van der Waals surface area contributed by atoms with Crippen molar-refractivity contribution in [2.75, 3.05) is 12.4 Å². The van der Waals surface area contributed by atoms with E-state index in [0.717, 1.165) is 25.0 Å². The number of carbonyl (C=O) groups is 1. The third-order valence-electron chi connectivity index (χ3n) is 3.54. The highest BCUT2D eigenvalue weighted by molar-refractivity contribution is 5.89. The van der Waals surface area contributed by atoms with Crippen molar-refractivity contribution in [1.82, 2.24) is 5.32 Å². The maximum atomic E-state index is 13.7. The van der Waals surface area contributed by atoms with Crippen LogP contribution in [0.1, 0.15) is 25.7 Å². The Kier molecular flexibility index (Phi) is 4.95. The molecule has 116 valence electrons. The Hall–Kier alpha value is -1.89. The van der Waals surface area contributed by atoms with Crippen LogP contribution in [0.4, 0.5) is 19.3 Å². The van der Waals surface area contributed by atoms with Crippen LogP contribution in [-0.4, -0.2) is 30.4 Å². The van der Waals surface area contributed by atoms with Crippen LogP contribution in [0.3, 0.4) is 0 Å². The van der Waals surface area contributed by atoms with Gasteiger partial charge in [-0.2, -0.15) is 0 Å². The SMILES string of the molecule is COc1cc(F)c(NC(=O)NC2CCCCC2O)cc1F. The van der Waals surface area contributed by atoms with Gasteiger partial charge in [-0.3, -0.25) is 0 Å². The average molecular weight is 300 g/mol. The Morgan fingerprint density at radius 1 is 1.29 bits per heavy atom. The normalized spacial score (nSPS) is 21.7. The van der Waals surface area contributed by atoms with Crippen molar-refractivity contribution in [2.24, 2.45) is 0 Å². The zero-order valence-electron chi connectivity index (χ0n) is 11.7. The number of methoxy groups -OCH3 is 1. The quantitative estimate of drug-likeness (QED) is 0.802.